The molecule has 3 aromatic carbocycles. The van der Waals surface area contributed by atoms with Gasteiger partial charge in [-0.15, -0.1) is 0 Å². The van der Waals surface area contributed by atoms with Crippen LogP contribution in [0.5, 0.6) is 0 Å². The Morgan fingerprint density at radius 1 is 0.690 bits per heavy atom. The number of fused-ring (bicyclic) bond motifs is 9. The molecule has 0 saturated carbocycles. The molecule has 0 bridgehead atoms. The lowest BCUT2D eigenvalue weighted by molar-refractivity contribution is 0.674. The standard InChI is InChI=1S/C25H22N4/c26-13-1-5-17-18-6-2-14(27)10-22(18)25(21(17)9-13)23-11-15(28)3-7-19(23)20-8-4-16(29)12-24(20)25/h1-11,16H,12,26-29H2/t16-/m1/s1. The van der Waals surface area contributed by atoms with Crippen LogP contribution in [0.3, 0.4) is 0 Å². The van der Waals surface area contributed by atoms with Gasteiger partial charge >= 0.3 is 0 Å². The molecule has 0 radical (unpaired) electrons. The minimum atomic E-state index is -0.460. The van der Waals surface area contributed by atoms with Gasteiger partial charge in [-0.25, -0.2) is 0 Å². The van der Waals surface area contributed by atoms with E-state index in [0.717, 1.165) is 23.5 Å². The Hall–Kier alpha value is -3.50. The van der Waals surface area contributed by atoms with Crippen LogP contribution in [0.2, 0.25) is 0 Å². The molecule has 4 heteroatoms. The first-order chi connectivity index (χ1) is 14.0. The first-order valence-electron chi connectivity index (χ1n) is 9.88. The number of anilines is 3. The van der Waals surface area contributed by atoms with Gasteiger partial charge in [-0.3, -0.25) is 0 Å². The molecule has 0 heterocycles. The van der Waals surface area contributed by atoms with Crippen molar-refractivity contribution >= 4 is 22.6 Å². The quantitative estimate of drug-likeness (QED) is 0.447. The average molecular weight is 378 g/mol. The largest absolute Gasteiger partial charge is 0.399 e. The Morgan fingerprint density at radius 3 is 1.72 bits per heavy atom. The van der Waals surface area contributed by atoms with Crippen molar-refractivity contribution in [1.29, 1.82) is 0 Å². The highest BCUT2D eigenvalue weighted by Crippen LogP contribution is 2.64. The van der Waals surface area contributed by atoms with Crippen molar-refractivity contribution in [3.8, 4) is 11.1 Å². The molecule has 8 N–H and O–H groups in total. The van der Waals surface area contributed by atoms with Gasteiger partial charge in [0.05, 0.1) is 5.41 Å². The van der Waals surface area contributed by atoms with Crippen LogP contribution in [0.15, 0.2) is 72.3 Å². The van der Waals surface area contributed by atoms with Crippen LogP contribution in [-0.4, -0.2) is 6.04 Å². The van der Waals surface area contributed by atoms with Crippen molar-refractivity contribution in [2.24, 2.45) is 5.73 Å². The Morgan fingerprint density at radius 2 is 1.17 bits per heavy atom. The van der Waals surface area contributed by atoms with E-state index in [4.69, 9.17) is 22.9 Å². The summed E-state index contributed by atoms with van der Waals surface area (Å²) >= 11 is 0. The minimum Gasteiger partial charge on any atom is -0.399 e. The molecule has 1 spiro atoms. The van der Waals surface area contributed by atoms with Gasteiger partial charge in [-0.2, -0.15) is 0 Å². The van der Waals surface area contributed by atoms with Crippen LogP contribution in [0, 0.1) is 0 Å². The van der Waals surface area contributed by atoms with Crippen molar-refractivity contribution < 1.29 is 0 Å². The van der Waals surface area contributed by atoms with Crippen LogP contribution in [0.1, 0.15) is 28.7 Å². The van der Waals surface area contributed by atoms with Crippen LogP contribution < -0.4 is 22.9 Å². The van der Waals surface area contributed by atoms with Gasteiger partial charge in [0.2, 0.25) is 0 Å². The Balaban J connectivity index is 1.83. The van der Waals surface area contributed by atoms with Gasteiger partial charge in [0.25, 0.3) is 0 Å². The van der Waals surface area contributed by atoms with Crippen molar-refractivity contribution in [2.75, 3.05) is 17.2 Å². The van der Waals surface area contributed by atoms with E-state index >= 15 is 0 Å². The zero-order valence-electron chi connectivity index (χ0n) is 15.9. The number of nitrogen functional groups attached to an aromatic ring is 3. The van der Waals surface area contributed by atoms with Crippen LogP contribution >= 0.6 is 0 Å². The summed E-state index contributed by atoms with van der Waals surface area (Å²) < 4.78 is 0. The molecule has 142 valence electrons. The summed E-state index contributed by atoms with van der Waals surface area (Å²) in [6.45, 7) is 0. The van der Waals surface area contributed by atoms with E-state index in [1.807, 2.05) is 18.2 Å². The molecular formula is C25H22N4. The Labute approximate surface area is 169 Å². The van der Waals surface area contributed by atoms with E-state index in [9.17, 15) is 0 Å². The number of hydrogen-bond donors (Lipinski definition) is 4. The van der Waals surface area contributed by atoms with Crippen molar-refractivity contribution in [3.05, 3.63) is 94.6 Å². The van der Waals surface area contributed by atoms with Crippen molar-refractivity contribution in [1.82, 2.24) is 0 Å². The molecule has 0 fully saturated rings. The predicted molar refractivity (Wildman–Crippen MR) is 120 cm³/mol. The normalized spacial score (nSPS) is 19.8. The fourth-order valence-electron chi connectivity index (χ4n) is 5.59. The number of hydrogen-bond acceptors (Lipinski definition) is 4. The second-order valence-electron chi connectivity index (χ2n) is 8.28. The highest BCUT2D eigenvalue weighted by molar-refractivity contribution is 5.98. The van der Waals surface area contributed by atoms with Gasteiger partial charge in [0.15, 0.2) is 0 Å². The van der Waals surface area contributed by atoms with Gasteiger partial charge in [-0.05, 0) is 87.3 Å². The third-order valence-corrected chi connectivity index (χ3v) is 6.65. The highest BCUT2D eigenvalue weighted by Gasteiger charge is 2.53. The molecule has 1 atom stereocenters. The zero-order valence-corrected chi connectivity index (χ0v) is 15.9. The number of allylic oxidation sites excluding steroid dienone is 2. The summed E-state index contributed by atoms with van der Waals surface area (Å²) in [5.74, 6) is 0. The van der Waals surface area contributed by atoms with Crippen molar-refractivity contribution in [2.45, 2.75) is 17.9 Å². The van der Waals surface area contributed by atoms with Gasteiger partial charge < -0.3 is 22.9 Å². The van der Waals surface area contributed by atoms with E-state index in [0.29, 0.717) is 0 Å². The van der Waals surface area contributed by atoms with Crippen LogP contribution in [-0.2, 0) is 5.41 Å². The summed E-state index contributed by atoms with van der Waals surface area (Å²) in [4.78, 5) is 0. The molecule has 4 nitrogen and oxygen atoms in total. The second kappa shape index (κ2) is 5.31. The maximum absolute atomic E-state index is 6.41. The molecule has 0 saturated heterocycles. The maximum atomic E-state index is 6.41. The maximum Gasteiger partial charge on any atom is 0.0691 e. The third kappa shape index (κ3) is 1.91. The first-order valence-corrected chi connectivity index (χ1v) is 9.88. The van der Waals surface area contributed by atoms with Crippen LogP contribution in [0.4, 0.5) is 17.1 Å². The van der Waals surface area contributed by atoms with E-state index in [1.165, 1.54) is 44.5 Å². The molecule has 3 aromatic rings. The molecule has 0 aromatic heterocycles. The van der Waals surface area contributed by atoms with Gasteiger partial charge in [0.1, 0.15) is 0 Å². The molecule has 0 unspecified atom stereocenters. The fourth-order valence-corrected chi connectivity index (χ4v) is 5.59. The summed E-state index contributed by atoms with van der Waals surface area (Å²) in [6.07, 6.45) is 5.04. The summed E-state index contributed by atoms with van der Waals surface area (Å²) in [5.41, 5.74) is 36.8. The monoisotopic (exact) mass is 378 g/mol. The predicted octanol–water partition coefficient (Wildman–Crippen LogP) is 3.80. The summed E-state index contributed by atoms with van der Waals surface area (Å²) in [7, 11) is 0. The molecule has 0 aliphatic heterocycles. The molecule has 0 amide bonds. The Kier molecular flexibility index (Phi) is 3.01. The second-order valence-corrected chi connectivity index (χ2v) is 8.28. The van der Waals surface area contributed by atoms with Gasteiger partial charge in [-0.1, -0.05) is 30.4 Å². The molecule has 6 rings (SSSR count). The Bertz CT molecular complexity index is 1230. The fraction of sp³-hybridized carbons (Fsp3) is 0.120. The van der Waals surface area contributed by atoms with E-state index < -0.39 is 5.41 Å². The summed E-state index contributed by atoms with van der Waals surface area (Å²) in [6, 6.07) is 18.6. The third-order valence-electron chi connectivity index (χ3n) is 6.65. The summed E-state index contributed by atoms with van der Waals surface area (Å²) in [5, 5.41) is 0. The number of nitrogens with two attached hydrogens (primary N) is 4. The molecule has 29 heavy (non-hydrogen) atoms. The number of benzene rings is 3. The lowest BCUT2D eigenvalue weighted by atomic mass is 9.67. The highest BCUT2D eigenvalue weighted by atomic mass is 14.7. The zero-order chi connectivity index (χ0) is 19.9. The minimum absolute atomic E-state index is 0.0214. The van der Waals surface area contributed by atoms with Crippen LogP contribution in [0.25, 0.3) is 16.7 Å². The van der Waals surface area contributed by atoms with Gasteiger partial charge in [0, 0.05) is 23.1 Å². The van der Waals surface area contributed by atoms with Crippen molar-refractivity contribution in [3.63, 3.8) is 0 Å². The first kappa shape index (κ1) is 16.5. The van der Waals surface area contributed by atoms with E-state index in [2.05, 4.69) is 48.6 Å². The smallest absolute Gasteiger partial charge is 0.0691 e. The van der Waals surface area contributed by atoms with E-state index in [1.54, 1.807) is 0 Å². The molecule has 3 aliphatic rings. The lowest BCUT2D eigenvalue weighted by Gasteiger charge is -2.34. The SMILES string of the molecule is Nc1ccc2c(c1)C1(C3=C2C=C[C@@H](N)C3)c2cc(N)ccc2-c2ccc(N)cc21. The van der Waals surface area contributed by atoms with E-state index in [-0.39, 0.29) is 6.04 Å². The molecular weight excluding hydrogens is 356 g/mol. The lowest BCUT2D eigenvalue weighted by Crippen LogP contribution is -2.32. The topological polar surface area (TPSA) is 104 Å². The average Bonchev–Trinajstić information content (AvgIpc) is 3.13. The molecule has 3 aliphatic carbocycles. The number of rotatable bonds is 0.